The maximum Gasteiger partial charge on any atom is 0.131 e. The molecule has 0 aliphatic heterocycles. The Hall–Kier alpha value is -1.85. The standard InChI is InChI=1S/C18H22F2N2O/c1-11(2)17(18-12(3)5-4-8-21-18)22-10-16(23)14-7-6-13(19)9-15(14)20/h4-9,11,16-17,22-23H,10H2,1-3H3. The average Bonchev–Trinajstić information content (AvgIpc) is 2.48. The van der Waals surface area contributed by atoms with Gasteiger partial charge in [0.05, 0.1) is 17.8 Å². The van der Waals surface area contributed by atoms with E-state index in [0.29, 0.717) is 0 Å². The van der Waals surface area contributed by atoms with Crippen molar-refractivity contribution < 1.29 is 13.9 Å². The molecule has 0 radical (unpaired) electrons. The van der Waals surface area contributed by atoms with Crippen molar-refractivity contribution >= 4 is 0 Å². The molecule has 23 heavy (non-hydrogen) atoms. The Morgan fingerprint density at radius 1 is 1.22 bits per heavy atom. The molecule has 2 N–H and O–H groups in total. The summed E-state index contributed by atoms with van der Waals surface area (Å²) in [6.45, 7) is 6.24. The first-order valence-corrected chi connectivity index (χ1v) is 7.68. The molecular formula is C18H22F2N2O. The van der Waals surface area contributed by atoms with Gasteiger partial charge < -0.3 is 10.4 Å². The summed E-state index contributed by atoms with van der Waals surface area (Å²) in [4.78, 5) is 4.41. The van der Waals surface area contributed by atoms with E-state index >= 15 is 0 Å². The Kier molecular flexibility index (Phi) is 5.80. The number of aliphatic hydroxyl groups excluding tert-OH is 1. The number of rotatable bonds is 6. The normalized spacial score (nSPS) is 14.0. The van der Waals surface area contributed by atoms with Crippen LogP contribution in [0.3, 0.4) is 0 Å². The highest BCUT2D eigenvalue weighted by Crippen LogP contribution is 2.24. The van der Waals surface area contributed by atoms with Gasteiger partial charge in [0.15, 0.2) is 0 Å². The van der Waals surface area contributed by atoms with E-state index in [1.807, 2.05) is 19.1 Å². The molecule has 0 fully saturated rings. The van der Waals surface area contributed by atoms with Crippen molar-refractivity contribution in [1.82, 2.24) is 10.3 Å². The summed E-state index contributed by atoms with van der Waals surface area (Å²) < 4.78 is 26.7. The van der Waals surface area contributed by atoms with Gasteiger partial charge in [0.2, 0.25) is 0 Å². The number of nitrogens with zero attached hydrogens (tertiary/aromatic N) is 1. The van der Waals surface area contributed by atoms with E-state index in [1.54, 1.807) is 6.20 Å². The molecule has 0 amide bonds. The van der Waals surface area contributed by atoms with Crippen molar-refractivity contribution in [1.29, 1.82) is 0 Å². The predicted octanol–water partition coefficient (Wildman–Crippen LogP) is 3.69. The zero-order chi connectivity index (χ0) is 17.0. The molecule has 2 atom stereocenters. The third kappa shape index (κ3) is 4.33. The minimum Gasteiger partial charge on any atom is -0.387 e. The predicted molar refractivity (Wildman–Crippen MR) is 85.9 cm³/mol. The second kappa shape index (κ2) is 7.62. The summed E-state index contributed by atoms with van der Waals surface area (Å²) in [5.41, 5.74) is 2.05. The van der Waals surface area contributed by atoms with Gasteiger partial charge >= 0.3 is 0 Å². The third-order valence-electron chi connectivity index (χ3n) is 3.86. The fraction of sp³-hybridized carbons (Fsp3) is 0.389. The minimum atomic E-state index is -1.05. The maximum atomic E-state index is 13.7. The Labute approximate surface area is 135 Å². The Morgan fingerprint density at radius 2 is 1.96 bits per heavy atom. The van der Waals surface area contributed by atoms with Crippen LogP contribution in [-0.2, 0) is 0 Å². The van der Waals surface area contributed by atoms with Crippen LogP contribution >= 0.6 is 0 Å². The van der Waals surface area contributed by atoms with E-state index < -0.39 is 17.7 Å². The van der Waals surface area contributed by atoms with Gasteiger partial charge in [-0.15, -0.1) is 0 Å². The number of aliphatic hydroxyl groups is 1. The lowest BCUT2D eigenvalue weighted by atomic mass is 9.96. The van der Waals surface area contributed by atoms with E-state index in [4.69, 9.17) is 0 Å². The van der Waals surface area contributed by atoms with Crippen LogP contribution in [-0.4, -0.2) is 16.6 Å². The molecule has 5 heteroatoms. The lowest BCUT2D eigenvalue weighted by Gasteiger charge is -2.25. The summed E-state index contributed by atoms with van der Waals surface area (Å²) in [7, 11) is 0. The lowest BCUT2D eigenvalue weighted by molar-refractivity contribution is 0.160. The summed E-state index contributed by atoms with van der Waals surface area (Å²) in [6, 6.07) is 6.99. The van der Waals surface area contributed by atoms with E-state index in [9.17, 15) is 13.9 Å². The van der Waals surface area contributed by atoms with Crippen molar-refractivity contribution in [3.05, 3.63) is 65.0 Å². The van der Waals surface area contributed by atoms with Crippen LogP contribution < -0.4 is 5.32 Å². The van der Waals surface area contributed by atoms with Crippen molar-refractivity contribution in [3.63, 3.8) is 0 Å². The molecule has 0 aliphatic rings. The fourth-order valence-corrected chi connectivity index (χ4v) is 2.59. The van der Waals surface area contributed by atoms with Gasteiger partial charge in [-0.2, -0.15) is 0 Å². The van der Waals surface area contributed by atoms with Crippen molar-refractivity contribution in [3.8, 4) is 0 Å². The number of aryl methyl sites for hydroxylation is 1. The minimum absolute atomic E-state index is 0.0608. The molecule has 0 aliphatic carbocycles. The summed E-state index contributed by atoms with van der Waals surface area (Å²) in [5, 5.41) is 13.4. The number of benzene rings is 1. The van der Waals surface area contributed by atoms with Crippen LogP contribution in [0, 0.1) is 24.5 Å². The first-order valence-electron chi connectivity index (χ1n) is 7.68. The van der Waals surface area contributed by atoms with Gasteiger partial charge in [-0.25, -0.2) is 8.78 Å². The van der Waals surface area contributed by atoms with Crippen LogP contribution in [0.15, 0.2) is 36.5 Å². The zero-order valence-electron chi connectivity index (χ0n) is 13.6. The largest absolute Gasteiger partial charge is 0.387 e. The highest BCUT2D eigenvalue weighted by atomic mass is 19.1. The van der Waals surface area contributed by atoms with Crippen LogP contribution in [0.1, 0.15) is 42.8 Å². The topological polar surface area (TPSA) is 45.2 Å². The smallest absolute Gasteiger partial charge is 0.131 e. The molecule has 0 spiro atoms. The van der Waals surface area contributed by atoms with Gasteiger partial charge in [0.25, 0.3) is 0 Å². The number of aromatic nitrogens is 1. The molecule has 1 heterocycles. The molecule has 2 aromatic rings. The molecule has 0 saturated carbocycles. The van der Waals surface area contributed by atoms with Crippen LogP contribution in [0.25, 0.3) is 0 Å². The number of hydrogen-bond donors (Lipinski definition) is 2. The molecule has 1 aromatic carbocycles. The van der Waals surface area contributed by atoms with Gasteiger partial charge in [-0.05, 0) is 30.5 Å². The van der Waals surface area contributed by atoms with Crippen LogP contribution in [0.4, 0.5) is 8.78 Å². The molecule has 2 unspecified atom stereocenters. The highest BCUT2D eigenvalue weighted by Gasteiger charge is 2.21. The molecule has 3 nitrogen and oxygen atoms in total. The van der Waals surface area contributed by atoms with Crippen LogP contribution in [0.2, 0.25) is 0 Å². The molecule has 0 saturated heterocycles. The second-order valence-corrected chi connectivity index (χ2v) is 6.02. The Morgan fingerprint density at radius 3 is 2.57 bits per heavy atom. The number of pyridine rings is 1. The number of hydrogen-bond acceptors (Lipinski definition) is 3. The zero-order valence-corrected chi connectivity index (χ0v) is 13.6. The van der Waals surface area contributed by atoms with Crippen molar-refractivity contribution in [2.24, 2.45) is 5.92 Å². The molecule has 2 rings (SSSR count). The molecule has 124 valence electrons. The molecular weight excluding hydrogens is 298 g/mol. The van der Waals surface area contributed by atoms with Gasteiger partial charge in [-0.1, -0.05) is 26.0 Å². The van der Waals surface area contributed by atoms with E-state index in [2.05, 4.69) is 24.1 Å². The van der Waals surface area contributed by atoms with Crippen molar-refractivity contribution in [2.45, 2.75) is 32.9 Å². The SMILES string of the molecule is Cc1cccnc1C(NCC(O)c1ccc(F)cc1F)C(C)C. The molecule has 1 aromatic heterocycles. The van der Waals surface area contributed by atoms with Crippen LogP contribution in [0.5, 0.6) is 0 Å². The summed E-state index contributed by atoms with van der Waals surface area (Å²) >= 11 is 0. The summed E-state index contributed by atoms with van der Waals surface area (Å²) in [6.07, 6.45) is 0.677. The quantitative estimate of drug-likeness (QED) is 0.853. The molecule has 0 bridgehead atoms. The van der Waals surface area contributed by atoms with E-state index in [1.165, 1.54) is 6.07 Å². The Balaban J connectivity index is 2.11. The lowest BCUT2D eigenvalue weighted by Crippen LogP contribution is -2.31. The first-order chi connectivity index (χ1) is 10.9. The number of nitrogens with one attached hydrogen (secondary N) is 1. The third-order valence-corrected chi connectivity index (χ3v) is 3.86. The fourth-order valence-electron chi connectivity index (χ4n) is 2.59. The van der Waals surface area contributed by atoms with Gasteiger partial charge in [0, 0.05) is 24.4 Å². The maximum absolute atomic E-state index is 13.7. The second-order valence-electron chi connectivity index (χ2n) is 6.02. The van der Waals surface area contributed by atoms with Gasteiger partial charge in [0.1, 0.15) is 11.6 Å². The van der Waals surface area contributed by atoms with E-state index in [-0.39, 0.29) is 24.1 Å². The Bertz CT molecular complexity index is 661. The van der Waals surface area contributed by atoms with Gasteiger partial charge in [-0.3, -0.25) is 4.98 Å². The summed E-state index contributed by atoms with van der Waals surface area (Å²) in [5.74, 6) is -1.15. The monoisotopic (exact) mass is 320 g/mol. The average molecular weight is 320 g/mol. The number of halogens is 2. The van der Waals surface area contributed by atoms with E-state index in [0.717, 1.165) is 23.4 Å². The van der Waals surface area contributed by atoms with Crippen molar-refractivity contribution in [2.75, 3.05) is 6.54 Å². The first kappa shape index (κ1) is 17.5. The highest BCUT2D eigenvalue weighted by molar-refractivity contribution is 5.23.